The second-order valence-corrected chi connectivity index (χ2v) is 4.69. The molecule has 0 saturated carbocycles. The molecule has 1 aliphatic heterocycles. The average molecular weight is 235 g/mol. The van der Waals surface area contributed by atoms with Gasteiger partial charge in [-0.2, -0.15) is 0 Å². The number of rotatable bonds is 4. The van der Waals surface area contributed by atoms with Crippen LogP contribution >= 0.6 is 0 Å². The van der Waals surface area contributed by atoms with Crippen molar-refractivity contribution in [1.82, 2.24) is 9.97 Å². The summed E-state index contributed by atoms with van der Waals surface area (Å²) < 4.78 is 5.47. The van der Waals surface area contributed by atoms with Crippen molar-refractivity contribution in [3.05, 3.63) is 23.8 Å². The summed E-state index contributed by atoms with van der Waals surface area (Å²) >= 11 is 0. The minimum atomic E-state index is 0.195. The van der Waals surface area contributed by atoms with Crippen molar-refractivity contribution in [2.24, 2.45) is 5.73 Å². The van der Waals surface area contributed by atoms with Crippen LogP contribution in [0.4, 0.5) is 0 Å². The highest BCUT2D eigenvalue weighted by Crippen LogP contribution is 2.22. The van der Waals surface area contributed by atoms with E-state index in [9.17, 15) is 0 Å². The van der Waals surface area contributed by atoms with Gasteiger partial charge in [-0.05, 0) is 25.3 Å². The first-order valence-corrected chi connectivity index (χ1v) is 6.44. The van der Waals surface area contributed by atoms with E-state index in [0.29, 0.717) is 5.92 Å². The molecule has 0 bridgehead atoms. The zero-order valence-electron chi connectivity index (χ0n) is 10.4. The molecule has 1 aromatic heterocycles. The number of nitrogens with zero attached hydrogens (tertiary/aromatic N) is 2. The SMILES string of the molecule is CCC(N)Cc1ccnc(C2CCCOC2)n1. The van der Waals surface area contributed by atoms with Crippen LogP contribution in [0.3, 0.4) is 0 Å². The van der Waals surface area contributed by atoms with Crippen LogP contribution in [0.5, 0.6) is 0 Å². The van der Waals surface area contributed by atoms with Gasteiger partial charge in [-0.1, -0.05) is 6.92 Å². The molecule has 1 saturated heterocycles. The Morgan fingerprint density at radius 2 is 2.47 bits per heavy atom. The zero-order valence-corrected chi connectivity index (χ0v) is 10.4. The third-order valence-corrected chi connectivity index (χ3v) is 3.25. The average Bonchev–Trinajstić information content (AvgIpc) is 2.40. The largest absolute Gasteiger partial charge is 0.381 e. The highest BCUT2D eigenvalue weighted by atomic mass is 16.5. The summed E-state index contributed by atoms with van der Waals surface area (Å²) in [5, 5.41) is 0. The van der Waals surface area contributed by atoms with Crippen LogP contribution in [-0.2, 0) is 11.2 Å². The lowest BCUT2D eigenvalue weighted by molar-refractivity contribution is 0.0780. The molecule has 2 unspecified atom stereocenters. The first-order chi connectivity index (χ1) is 8.29. The summed E-state index contributed by atoms with van der Waals surface area (Å²) in [6.07, 6.45) is 5.89. The van der Waals surface area contributed by atoms with E-state index in [-0.39, 0.29) is 6.04 Å². The summed E-state index contributed by atoms with van der Waals surface area (Å²) in [6, 6.07) is 2.16. The van der Waals surface area contributed by atoms with Crippen LogP contribution in [0.1, 0.15) is 43.6 Å². The molecule has 17 heavy (non-hydrogen) atoms. The maximum atomic E-state index is 5.95. The first-order valence-electron chi connectivity index (χ1n) is 6.44. The molecule has 1 aromatic rings. The Morgan fingerprint density at radius 3 is 3.18 bits per heavy atom. The summed E-state index contributed by atoms with van der Waals surface area (Å²) in [6.45, 7) is 3.72. The van der Waals surface area contributed by atoms with E-state index in [2.05, 4.69) is 16.9 Å². The Kier molecular flexibility index (Phi) is 4.45. The molecular weight excluding hydrogens is 214 g/mol. The van der Waals surface area contributed by atoms with Gasteiger partial charge in [-0.15, -0.1) is 0 Å². The van der Waals surface area contributed by atoms with Gasteiger partial charge < -0.3 is 10.5 Å². The van der Waals surface area contributed by atoms with Crippen molar-refractivity contribution in [3.8, 4) is 0 Å². The lowest BCUT2D eigenvalue weighted by Crippen LogP contribution is -2.23. The van der Waals surface area contributed by atoms with Crippen molar-refractivity contribution in [2.45, 2.75) is 44.6 Å². The van der Waals surface area contributed by atoms with Crippen molar-refractivity contribution >= 4 is 0 Å². The predicted octanol–water partition coefficient (Wildman–Crippen LogP) is 1.65. The van der Waals surface area contributed by atoms with Gasteiger partial charge in [0.2, 0.25) is 0 Å². The standard InChI is InChI=1S/C13H21N3O/c1-2-11(14)8-12-5-6-15-13(16-12)10-4-3-7-17-9-10/h5-6,10-11H,2-4,7-9,14H2,1H3. The van der Waals surface area contributed by atoms with Crippen LogP contribution in [0.15, 0.2) is 12.3 Å². The Balaban J connectivity index is 2.05. The normalized spacial score (nSPS) is 22.4. The van der Waals surface area contributed by atoms with Crippen LogP contribution in [0, 0.1) is 0 Å². The van der Waals surface area contributed by atoms with Crippen LogP contribution in [0.2, 0.25) is 0 Å². The topological polar surface area (TPSA) is 61.0 Å². The van der Waals surface area contributed by atoms with E-state index in [1.807, 2.05) is 12.3 Å². The lowest BCUT2D eigenvalue weighted by Gasteiger charge is -2.21. The Bertz CT molecular complexity index is 350. The Morgan fingerprint density at radius 1 is 1.59 bits per heavy atom. The van der Waals surface area contributed by atoms with E-state index in [1.165, 1.54) is 0 Å². The maximum Gasteiger partial charge on any atom is 0.133 e. The van der Waals surface area contributed by atoms with Gasteiger partial charge in [-0.25, -0.2) is 9.97 Å². The summed E-state index contributed by atoms with van der Waals surface area (Å²) in [5.41, 5.74) is 7.00. The maximum absolute atomic E-state index is 5.95. The first kappa shape index (κ1) is 12.5. The number of ether oxygens (including phenoxy) is 1. The van der Waals surface area contributed by atoms with Gasteiger partial charge in [0.05, 0.1) is 6.61 Å². The molecule has 0 aromatic carbocycles. The zero-order chi connectivity index (χ0) is 12.1. The van der Waals surface area contributed by atoms with Crippen LogP contribution < -0.4 is 5.73 Å². The molecule has 0 radical (unpaired) electrons. The fourth-order valence-corrected chi connectivity index (χ4v) is 2.08. The van der Waals surface area contributed by atoms with Crippen molar-refractivity contribution in [3.63, 3.8) is 0 Å². The molecule has 0 aliphatic carbocycles. The Labute approximate surface area is 103 Å². The van der Waals surface area contributed by atoms with Crippen molar-refractivity contribution in [1.29, 1.82) is 0 Å². The predicted molar refractivity (Wildman–Crippen MR) is 66.8 cm³/mol. The van der Waals surface area contributed by atoms with Crippen molar-refractivity contribution in [2.75, 3.05) is 13.2 Å². The Hall–Kier alpha value is -1.00. The summed E-state index contributed by atoms with van der Waals surface area (Å²) in [7, 11) is 0. The number of aromatic nitrogens is 2. The molecule has 0 amide bonds. The molecule has 4 heteroatoms. The van der Waals surface area contributed by atoms with Gasteiger partial charge in [-0.3, -0.25) is 0 Å². The quantitative estimate of drug-likeness (QED) is 0.862. The van der Waals surface area contributed by atoms with E-state index in [0.717, 1.165) is 50.4 Å². The van der Waals surface area contributed by atoms with Gasteiger partial charge in [0, 0.05) is 36.9 Å². The smallest absolute Gasteiger partial charge is 0.133 e. The third-order valence-electron chi connectivity index (χ3n) is 3.25. The van der Waals surface area contributed by atoms with E-state index in [4.69, 9.17) is 10.5 Å². The highest BCUT2D eigenvalue weighted by molar-refractivity contribution is 5.07. The van der Waals surface area contributed by atoms with Gasteiger partial charge in [0.15, 0.2) is 0 Å². The summed E-state index contributed by atoms with van der Waals surface area (Å²) in [5.74, 6) is 1.28. The molecule has 1 fully saturated rings. The fourth-order valence-electron chi connectivity index (χ4n) is 2.08. The molecule has 1 aliphatic rings. The monoisotopic (exact) mass is 235 g/mol. The van der Waals surface area contributed by atoms with Gasteiger partial charge >= 0.3 is 0 Å². The van der Waals surface area contributed by atoms with Gasteiger partial charge in [0.1, 0.15) is 5.82 Å². The molecule has 4 nitrogen and oxygen atoms in total. The second-order valence-electron chi connectivity index (χ2n) is 4.69. The van der Waals surface area contributed by atoms with E-state index in [1.54, 1.807) is 0 Å². The third kappa shape index (κ3) is 3.48. The van der Waals surface area contributed by atoms with Crippen LogP contribution in [0.25, 0.3) is 0 Å². The highest BCUT2D eigenvalue weighted by Gasteiger charge is 2.19. The lowest BCUT2D eigenvalue weighted by atomic mass is 10.0. The van der Waals surface area contributed by atoms with Crippen LogP contribution in [-0.4, -0.2) is 29.2 Å². The van der Waals surface area contributed by atoms with E-state index >= 15 is 0 Å². The van der Waals surface area contributed by atoms with Crippen molar-refractivity contribution < 1.29 is 4.74 Å². The number of nitrogens with two attached hydrogens (primary N) is 1. The fraction of sp³-hybridized carbons (Fsp3) is 0.692. The van der Waals surface area contributed by atoms with E-state index < -0.39 is 0 Å². The molecule has 2 atom stereocenters. The van der Waals surface area contributed by atoms with Gasteiger partial charge in [0.25, 0.3) is 0 Å². The summed E-state index contributed by atoms with van der Waals surface area (Å²) in [4.78, 5) is 8.98. The minimum absolute atomic E-state index is 0.195. The number of hydrogen-bond acceptors (Lipinski definition) is 4. The second kappa shape index (κ2) is 6.07. The molecular formula is C13H21N3O. The molecule has 2 heterocycles. The minimum Gasteiger partial charge on any atom is -0.381 e. The molecule has 2 rings (SSSR count). The number of hydrogen-bond donors (Lipinski definition) is 1. The molecule has 94 valence electrons. The molecule has 2 N–H and O–H groups in total. The molecule has 0 spiro atoms.